The first-order valence-corrected chi connectivity index (χ1v) is 14.9. The molecule has 37 heavy (non-hydrogen) atoms. The van der Waals surface area contributed by atoms with Crippen LogP contribution in [0.2, 0.25) is 0 Å². The molecule has 0 fully saturated rings. The van der Waals surface area contributed by atoms with Crippen molar-refractivity contribution in [1.29, 1.82) is 0 Å². The van der Waals surface area contributed by atoms with Crippen molar-refractivity contribution < 1.29 is 14.3 Å². The molecule has 0 aliphatic rings. The van der Waals surface area contributed by atoms with E-state index < -0.39 is 0 Å². The molecule has 2 rings (SSSR count). The zero-order chi connectivity index (χ0) is 26.6. The lowest BCUT2D eigenvalue weighted by Gasteiger charge is -2.15. The van der Waals surface area contributed by atoms with Crippen LogP contribution in [0.4, 0.5) is 0 Å². The SMILES string of the molecule is CCCCCCCCCCCCOc1ccccc1-c1ncncc1C(=O)OCC(C)CCCCCC. The molecule has 5 heteroatoms. The minimum atomic E-state index is -0.375. The Morgan fingerprint density at radius 3 is 2.16 bits per heavy atom. The highest BCUT2D eigenvalue weighted by Gasteiger charge is 2.19. The van der Waals surface area contributed by atoms with Crippen molar-refractivity contribution >= 4 is 5.97 Å². The zero-order valence-corrected chi connectivity index (χ0v) is 23.7. The lowest BCUT2D eigenvalue weighted by molar-refractivity contribution is 0.0442. The largest absolute Gasteiger partial charge is 0.493 e. The van der Waals surface area contributed by atoms with Crippen LogP contribution in [0.5, 0.6) is 5.75 Å². The third-order valence-electron chi connectivity index (χ3n) is 6.88. The Kier molecular flexibility index (Phi) is 16.4. The molecule has 0 bridgehead atoms. The number of ether oxygens (including phenoxy) is 2. The van der Waals surface area contributed by atoms with Crippen LogP contribution < -0.4 is 4.74 Å². The maximum absolute atomic E-state index is 12.9. The van der Waals surface area contributed by atoms with Crippen LogP contribution in [0.1, 0.15) is 127 Å². The minimum Gasteiger partial charge on any atom is -0.493 e. The molecule has 0 N–H and O–H groups in total. The summed E-state index contributed by atoms with van der Waals surface area (Å²) < 4.78 is 11.8. The fourth-order valence-corrected chi connectivity index (χ4v) is 4.55. The standard InChI is InChI=1S/C32H50N2O3/c1-4-6-8-10-11-12-13-14-15-19-23-36-30-22-18-17-21-28(30)31-29(24-33-26-34-31)32(35)37-25-27(3)20-16-9-7-5-2/h17-18,21-22,24,26-27H,4-16,19-20,23,25H2,1-3H3. The third-order valence-corrected chi connectivity index (χ3v) is 6.88. The molecule has 0 aliphatic carbocycles. The van der Waals surface area contributed by atoms with Crippen LogP contribution in [0.15, 0.2) is 36.8 Å². The predicted octanol–water partition coefficient (Wildman–Crippen LogP) is 9.21. The summed E-state index contributed by atoms with van der Waals surface area (Å²) in [5.41, 5.74) is 1.75. The van der Waals surface area contributed by atoms with Crippen molar-refractivity contribution in [3.8, 4) is 17.0 Å². The van der Waals surface area contributed by atoms with E-state index in [1.807, 2.05) is 24.3 Å². The molecular formula is C32H50N2O3. The second kappa shape index (κ2) is 19.7. The van der Waals surface area contributed by atoms with Gasteiger partial charge in [0.15, 0.2) is 0 Å². The van der Waals surface area contributed by atoms with Crippen molar-refractivity contribution in [2.75, 3.05) is 13.2 Å². The average molecular weight is 511 g/mol. The molecule has 0 radical (unpaired) electrons. The molecule has 1 aromatic heterocycles. The van der Waals surface area contributed by atoms with Crippen LogP contribution in [0.25, 0.3) is 11.3 Å². The van der Waals surface area contributed by atoms with E-state index in [0.29, 0.717) is 30.4 Å². The molecule has 0 aliphatic heterocycles. The van der Waals surface area contributed by atoms with E-state index in [2.05, 4.69) is 30.7 Å². The Hall–Kier alpha value is -2.43. The normalized spacial score (nSPS) is 11.9. The second-order valence-corrected chi connectivity index (χ2v) is 10.4. The molecule has 0 spiro atoms. The molecule has 1 unspecified atom stereocenters. The molecule has 5 nitrogen and oxygen atoms in total. The molecule has 206 valence electrons. The number of esters is 1. The highest BCUT2D eigenvalue weighted by Crippen LogP contribution is 2.31. The number of carbonyl (C=O) groups excluding carboxylic acids is 1. The number of hydrogen-bond donors (Lipinski definition) is 0. The number of nitrogens with zero attached hydrogens (tertiary/aromatic N) is 2. The number of carbonyl (C=O) groups is 1. The molecule has 0 saturated heterocycles. The van der Waals surface area contributed by atoms with Gasteiger partial charge in [-0.25, -0.2) is 14.8 Å². The van der Waals surface area contributed by atoms with Gasteiger partial charge in [0, 0.05) is 11.8 Å². The first-order chi connectivity index (χ1) is 18.2. The zero-order valence-electron chi connectivity index (χ0n) is 23.7. The summed E-state index contributed by atoms with van der Waals surface area (Å²) in [7, 11) is 0. The van der Waals surface area contributed by atoms with E-state index in [9.17, 15) is 4.79 Å². The molecule has 0 amide bonds. The Labute approximate surface area is 225 Å². The molecule has 1 atom stereocenters. The first kappa shape index (κ1) is 30.8. The van der Waals surface area contributed by atoms with Crippen LogP contribution in [-0.2, 0) is 4.74 Å². The molecule has 0 saturated carbocycles. The van der Waals surface area contributed by atoms with E-state index in [-0.39, 0.29) is 5.97 Å². The fourth-order valence-electron chi connectivity index (χ4n) is 4.55. The van der Waals surface area contributed by atoms with Crippen molar-refractivity contribution in [3.63, 3.8) is 0 Å². The lowest BCUT2D eigenvalue weighted by atomic mass is 10.0. The van der Waals surface area contributed by atoms with Crippen LogP contribution >= 0.6 is 0 Å². The van der Waals surface area contributed by atoms with Crippen molar-refractivity contribution in [2.24, 2.45) is 5.92 Å². The Morgan fingerprint density at radius 2 is 1.46 bits per heavy atom. The van der Waals surface area contributed by atoms with E-state index >= 15 is 0 Å². The summed E-state index contributed by atoms with van der Waals surface area (Å²) in [5, 5.41) is 0. The maximum Gasteiger partial charge on any atom is 0.341 e. The topological polar surface area (TPSA) is 61.3 Å². The van der Waals surface area contributed by atoms with Crippen molar-refractivity contribution in [2.45, 2.75) is 117 Å². The van der Waals surface area contributed by atoms with Crippen LogP contribution in [-0.4, -0.2) is 29.2 Å². The van der Waals surface area contributed by atoms with Crippen LogP contribution in [0.3, 0.4) is 0 Å². The minimum absolute atomic E-state index is 0.338. The Morgan fingerprint density at radius 1 is 0.838 bits per heavy atom. The lowest BCUT2D eigenvalue weighted by Crippen LogP contribution is -2.14. The molecular weight excluding hydrogens is 460 g/mol. The summed E-state index contributed by atoms with van der Waals surface area (Å²) in [6, 6.07) is 7.79. The summed E-state index contributed by atoms with van der Waals surface area (Å²) in [5.74, 6) is 0.710. The van der Waals surface area contributed by atoms with E-state index in [1.165, 1.54) is 89.8 Å². The summed E-state index contributed by atoms with van der Waals surface area (Å²) >= 11 is 0. The molecule has 1 aromatic carbocycles. The quantitative estimate of drug-likeness (QED) is 0.124. The van der Waals surface area contributed by atoms with Gasteiger partial charge in [-0.1, -0.05) is 116 Å². The third kappa shape index (κ3) is 12.6. The van der Waals surface area contributed by atoms with Crippen molar-refractivity contribution in [1.82, 2.24) is 9.97 Å². The summed E-state index contributed by atoms with van der Waals surface area (Å²) in [6.45, 7) is 7.69. The Bertz CT molecular complexity index is 871. The van der Waals surface area contributed by atoms with Crippen molar-refractivity contribution in [3.05, 3.63) is 42.4 Å². The highest BCUT2D eigenvalue weighted by molar-refractivity contribution is 5.96. The maximum atomic E-state index is 12.9. The summed E-state index contributed by atoms with van der Waals surface area (Å²) in [4.78, 5) is 21.5. The van der Waals surface area contributed by atoms with E-state index in [1.54, 1.807) is 6.20 Å². The predicted molar refractivity (Wildman–Crippen MR) is 153 cm³/mol. The van der Waals surface area contributed by atoms with Crippen LogP contribution in [0, 0.1) is 5.92 Å². The van der Waals surface area contributed by atoms with Gasteiger partial charge in [-0.3, -0.25) is 0 Å². The number of unbranched alkanes of at least 4 members (excludes halogenated alkanes) is 12. The highest BCUT2D eigenvalue weighted by atomic mass is 16.5. The van der Waals surface area contributed by atoms with Gasteiger partial charge in [-0.05, 0) is 30.9 Å². The van der Waals surface area contributed by atoms with E-state index in [0.717, 1.165) is 24.2 Å². The smallest absolute Gasteiger partial charge is 0.341 e. The number of rotatable bonds is 21. The van der Waals surface area contributed by atoms with Gasteiger partial charge in [0.25, 0.3) is 0 Å². The van der Waals surface area contributed by atoms with Gasteiger partial charge in [-0.2, -0.15) is 0 Å². The van der Waals surface area contributed by atoms with Gasteiger partial charge >= 0.3 is 5.97 Å². The number of aromatic nitrogens is 2. The number of para-hydroxylation sites is 1. The number of hydrogen-bond acceptors (Lipinski definition) is 5. The second-order valence-electron chi connectivity index (χ2n) is 10.4. The van der Waals surface area contributed by atoms with Gasteiger partial charge in [0.1, 0.15) is 17.6 Å². The first-order valence-electron chi connectivity index (χ1n) is 14.9. The van der Waals surface area contributed by atoms with E-state index in [4.69, 9.17) is 9.47 Å². The Balaban J connectivity index is 1.83. The van der Waals surface area contributed by atoms with Gasteiger partial charge < -0.3 is 9.47 Å². The number of benzene rings is 1. The summed E-state index contributed by atoms with van der Waals surface area (Å²) in [6.07, 6.45) is 21.9. The van der Waals surface area contributed by atoms with Gasteiger partial charge in [0.05, 0.1) is 18.9 Å². The van der Waals surface area contributed by atoms with Gasteiger partial charge in [0.2, 0.25) is 0 Å². The average Bonchev–Trinajstić information content (AvgIpc) is 2.93. The monoisotopic (exact) mass is 510 g/mol. The van der Waals surface area contributed by atoms with Gasteiger partial charge in [-0.15, -0.1) is 0 Å². The molecule has 1 heterocycles. The fraction of sp³-hybridized carbons (Fsp3) is 0.656. The molecule has 2 aromatic rings.